The minimum absolute atomic E-state index is 0.195. The highest BCUT2D eigenvalue weighted by molar-refractivity contribution is 5.75. The lowest BCUT2D eigenvalue weighted by atomic mass is 9.97. The van der Waals surface area contributed by atoms with Gasteiger partial charge in [0.1, 0.15) is 17.5 Å². The van der Waals surface area contributed by atoms with Crippen molar-refractivity contribution in [3.63, 3.8) is 0 Å². The Bertz CT molecular complexity index is 707. The number of primary amides is 1. The van der Waals surface area contributed by atoms with Crippen LogP contribution in [0, 0.1) is 6.92 Å². The fourth-order valence-corrected chi connectivity index (χ4v) is 2.96. The first kappa shape index (κ1) is 16.3. The van der Waals surface area contributed by atoms with E-state index in [0.717, 1.165) is 37.4 Å². The number of likely N-dealkylation sites (tertiary alicyclic amines) is 1. The molecule has 24 heavy (non-hydrogen) atoms. The maximum absolute atomic E-state index is 11.1. The lowest BCUT2D eigenvalue weighted by Gasteiger charge is -2.31. The standard InChI is InChI=1S/C16H21N7O/c1-11-7-14(21-15-8-18-4-5-19-15)22-16(20-11)12-3-2-6-23(9-12)10-13(17)24/h4-5,7-8,12H,2-3,6,9-10H2,1H3,(H2,17,24)(H,19,20,21,22). The fourth-order valence-electron chi connectivity index (χ4n) is 2.96. The molecule has 1 atom stereocenters. The van der Waals surface area contributed by atoms with Crippen molar-refractivity contribution in [2.24, 2.45) is 5.73 Å². The molecule has 2 aromatic heterocycles. The van der Waals surface area contributed by atoms with Gasteiger partial charge in [0, 0.05) is 36.6 Å². The Morgan fingerprint density at radius 3 is 3.00 bits per heavy atom. The van der Waals surface area contributed by atoms with Crippen molar-refractivity contribution in [3.8, 4) is 0 Å². The van der Waals surface area contributed by atoms with Crippen LogP contribution in [0.2, 0.25) is 0 Å². The van der Waals surface area contributed by atoms with Crippen LogP contribution in [0.3, 0.4) is 0 Å². The van der Waals surface area contributed by atoms with E-state index in [9.17, 15) is 4.79 Å². The van der Waals surface area contributed by atoms with Gasteiger partial charge in [-0.2, -0.15) is 0 Å². The summed E-state index contributed by atoms with van der Waals surface area (Å²) in [6.45, 7) is 3.86. The Morgan fingerprint density at radius 2 is 2.25 bits per heavy atom. The van der Waals surface area contributed by atoms with E-state index in [2.05, 4.69) is 30.2 Å². The number of carbonyl (C=O) groups excluding carboxylic acids is 1. The highest BCUT2D eigenvalue weighted by atomic mass is 16.1. The number of aryl methyl sites for hydroxylation is 1. The third-order valence-electron chi connectivity index (χ3n) is 3.94. The second-order valence-electron chi connectivity index (χ2n) is 6.01. The van der Waals surface area contributed by atoms with E-state index in [4.69, 9.17) is 5.73 Å². The van der Waals surface area contributed by atoms with Crippen molar-refractivity contribution >= 4 is 17.5 Å². The fraction of sp³-hybridized carbons (Fsp3) is 0.438. The highest BCUT2D eigenvalue weighted by Crippen LogP contribution is 2.26. The number of carbonyl (C=O) groups is 1. The average Bonchev–Trinajstić information content (AvgIpc) is 2.55. The summed E-state index contributed by atoms with van der Waals surface area (Å²) in [5.41, 5.74) is 6.19. The Kier molecular flexibility index (Phi) is 4.95. The van der Waals surface area contributed by atoms with E-state index < -0.39 is 0 Å². The monoisotopic (exact) mass is 327 g/mol. The molecule has 1 aliphatic rings. The molecule has 0 bridgehead atoms. The molecule has 1 fully saturated rings. The number of rotatable bonds is 5. The molecule has 3 N–H and O–H groups in total. The zero-order valence-electron chi connectivity index (χ0n) is 13.6. The number of nitrogens with two attached hydrogens (primary N) is 1. The summed E-state index contributed by atoms with van der Waals surface area (Å²) >= 11 is 0. The molecule has 0 spiro atoms. The molecule has 1 unspecified atom stereocenters. The van der Waals surface area contributed by atoms with Crippen LogP contribution in [-0.4, -0.2) is 50.4 Å². The normalized spacial score (nSPS) is 18.3. The molecule has 1 saturated heterocycles. The molecule has 3 rings (SSSR count). The van der Waals surface area contributed by atoms with Crippen LogP contribution in [-0.2, 0) is 4.79 Å². The lowest BCUT2D eigenvalue weighted by molar-refractivity contribution is -0.119. The van der Waals surface area contributed by atoms with Crippen LogP contribution in [0.5, 0.6) is 0 Å². The molecular weight excluding hydrogens is 306 g/mol. The van der Waals surface area contributed by atoms with Crippen molar-refractivity contribution in [1.82, 2.24) is 24.8 Å². The van der Waals surface area contributed by atoms with Gasteiger partial charge in [0.25, 0.3) is 0 Å². The van der Waals surface area contributed by atoms with Gasteiger partial charge in [0.2, 0.25) is 5.91 Å². The molecule has 0 saturated carbocycles. The molecule has 8 heteroatoms. The molecule has 8 nitrogen and oxygen atoms in total. The largest absolute Gasteiger partial charge is 0.369 e. The van der Waals surface area contributed by atoms with Gasteiger partial charge in [0.15, 0.2) is 0 Å². The summed E-state index contributed by atoms with van der Waals surface area (Å²) in [6, 6.07) is 1.88. The molecular formula is C16H21N7O. The van der Waals surface area contributed by atoms with E-state index in [-0.39, 0.29) is 18.4 Å². The summed E-state index contributed by atoms with van der Waals surface area (Å²) in [7, 11) is 0. The van der Waals surface area contributed by atoms with Crippen molar-refractivity contribution in [2.45, 2.75) is 25.7 Å². The van der Waals surface area contributed by atoms with Gasteiger partial charge >= 0.3 is 0 Å². The first-order valence-corrected chi connectivity index (χ1v) is 7.99. The summed E-state index contributed by atoms with van der Waals surface area (Å²) in [5, 5.41) is 3.16. The maximum Gasteiger partial charge on any atom is 0.231 e. The van der Waals surface area contributed by atoms with Crippen LogP contribution in [0.4, 0.5) is 11.6 Å². The van der Waals surface area contributed by atoms with Crippen LogP contribution in [0.15, 0.2) is 24.7 Å². The summed E-state index contributed by atoms with van der Waals surface area (Å²) < 4.78 is 0. The number of hydrogen-bond donors (Lipinski definition) is 2. The van der Waals surface area contributed by atoms with E-state index >= 15 is 0 Å². The lowest BCUT2D eigenvalue weighted by Crippen LogP contribution is -2.40. The first-order valence-electron chi connectivity index (χ1n) is 7.99. The first-order chi connectivity index (χ1) is 11.6. The minimum atomic E-state index is -0.300. The Balaban J connectivity index is 1.76. The van der Waals surface area contributed by atoms with Gasteiger partial charge < -0.3 is 11.1 Å². The second-order valence-corrected chi connectivity index (χ2v) is 6.01. The van der Waals surface area contributed by atoms with E-state index in [1.54, 1.807) is 18.6 Å². The van der Waals surface area contributed by atoms with E-state index in [1.807, 2.05) is 13.0 Å². The van der Waals surface area contributed by atoms with Crippen molar-refractivity contribution in [1.29, 1.82) is 0 Å². The number of piperidine rings is 1. The van der Waals surface area contributed by atoms with Gasteiger partial charge in [-0.15, -0.1) is 0 Å². The zero-order valence-corrected chi connectivity index (χ0v) is 13.6. The highest BCUT2D eigenvalue weighted by Gasteiger charge is 2.24. The van der Waals surface area contributed by atoms with Crippen LogP contribution >= 0.6 is 0 Å². The van der Waals surface area contributed by atoms with Crippen molar-refractivity contribution in [3.05, 3.63) is 36.2 Å². The molecule has 0 aromatic carbocycles. The van der Waals surface area contributed by atoms with Crippen LogP contribution in [0.25, 0.3) is 0 Å². The summed E-state index contributed by atoms with van der Waals surface area (Å²) in [6.07, 6.45) is 6.90. The topological polar surface area (TPSA) is 110 Å². The van der Waals surface area contributed by atoms with Gasteiger partial charge in [-0.1, -0.05) is 0 Å². The third kappa shape index (κ3) is 4.23. The number of hydrogen-bond acceptors (Lipinski definition) is 7. The second kappa shape index (κ2) is 7.31. The Labute approximate surface area is 140 Å². The van der Waals surface area contributed by atoms with E-state index in [1.165, 1.54) is 0 Å². The van der Waals surface area contributed by atoms with Gasteiger partial charge in [-0.25, -0.2) is 15.0 Å². The van der Waals surface area contributed by atoms with Gasteiger partial charge in [-0.3, -0.25) is 14.7 Å². The summed E-state index contributed by atoms with van der Waals surface area (Å²) in [4.78, 5) is 30.7. The Morgan fingerprint density at radius 1 is 1.38 bits per heavy atom. The molecule has 1 amide bonds. The predicted molar refractivity (Wildman–Crippen MR) is 89.7 cm³/mol. The van der Waals surface area contributed by atoms with Crippen molar-refractivity contribution in [2.75, 3.05) is 25.0 Å². The SMILES string of the molecule is Cc1cc(Nc2cnccn2)nc(C2CCCN(CC(N)=O)C2)n1. The molecule has 0 aliphatic carbocycles. The van der Waals surface area contributed by atoms with Crippen molar-refractivity contribution < 1.29 is 4.79 Å². The summed E-state index contributed by atoms with van der Waals surface area (Å²) in [5.74, 6) is 2.02. The average molecular weight is 327 g/mol. The molecule has 0 radical (unpaired) electrons. The van der Waals surface area contributed by atoms with Crippen LogP contribution in [0.1, 0.15) is 30.3 Å². The predicted octanol–water partition coefficient (Wildman–Crippen LogP) is 0.983. The smallest absolute Gasteiger partial charge is 0.231 e. The Hall–Kier alpha value is -2.61. The van der Waals surface area contributed by atoms with Crippen LogP contribution < -0.4 is 11.1 Å². The third-order valence-corrected chi connectivity index (χ3v) is 3.94. The number of aromatic nitrogens is 4. The molecule has 126 valence electrons. The number of anilines is 2. The quantitative estimate of drug-likeness (QED) is 0.842. The maximum atomic E-state index is 11.1. The zero-order chi connectivity index (χ0) is 16.9. The number of nitrogens with one attached hydrogen (secondary N) is 1. The number of amides is 1. The molecule has 2 aromatic rings. The van der Waals surface area contributed by atoms with Gasteiger partial charge in [0.05, 0.1) is 12.7 Å². The van der Waals surface area contributed by atoms with E-state index in [0.29, 0.717) is 11.6 Å². The molecule has 3 heterocycles. The van der Waals surface area contributed by atoms with Gasteiger partial charge in [-0.05, 0) is 26.3 Å². The number of nitrogens with zero attached hydrogens (tertiary/aromatic N) is 5. The molecule has 1 aliphatic heterocycles. The minimum Gasteiger partial charge on any atom is -0.369 e.